The van der Waals surface area contributed by atoms with Crippen LogP contribution < -0.4 is 14.8 Å². The Morgan fingerprint density at radius 1 is 0.650 bits per heavy atom. The molecule has 0 aliphatic rings. The van der Waals surface area contributed by atoms with Crippen LogP contribution in [0.5, 0.6) is 0 Å². The van der Waals surface area contributed by atoms with E-state index in [2.05, 4.69) is 114 Å². The summed E-state index contributed by atoms with van der Waals surface area (Å²) in [5.41, 5.74) is 8.26. The maximum Gasteiger partial charge on any atom is 0.240 e. The van der Waals surface area contributed by atoms with Gasteiger partial charge in [0.1, 0.15) is 11.0 Å². The van der Waals surface area contributed by atoms with Gasteiger partial charge in [-0.25, -0.2) is 4.98 Å². The Labute approximate surface area is 337 Å². The molecule has 6 rings (SSSR count). The Morgan fingerprint density at radius 3 is 1.90 bits per heavy atom. The van der Waals surface area contributed by atoms with E-state index in [0.29, 0.717) is 13.1 Å². The molecule has 1 N–H and O–H groups in total. The summed E-state index contributed by atoms with van der Waals surface area (Å²) in [5.74, 6) is 0. The molecule has 0 fully saturated rings. The Kier molecular flexibility index (Phi) is 15.1. The van der Waals surface area contributed by atoms with E-state index in [1.165, 1.54) is 0 Å². The van der Waals surface area contributed by atoms with Crippen LogP contribution in [0, 0.1) is 13.8 Å². The molecular weight excluding hydrogens is 796 g/mol. The molecule has 8 heteroatoms. The van der Waals surface area contributed by atoms with Crippen molar-refractivity contribution in [1.82, 2.24) is 4.98 Å². The van der Waals surface area contributed by atoms with Gasteiger partial charge in [-0.05, 0) is 24.3 Å². The summed E-state index contributed by atoms with van der Waals surface area (Å²) in [6, 6.07) is 37.9. The van der Waals surface area contributed by atoms with Gasteiger partial charge in [-0.3, -0.25) is 0 Å². The molecule has 0 saturated heterocycles. The van der Waals surface area contributed by atoms with E-state index in [1.807, 2.05) is 24.3 Å². The summed E-state index contributed by atoms with van der Waals surface area (Å²) < 4.78 is 2.31. The van der Waals surface area contributed by atoms with Crippen molar-refractivity contribution >= 4 is 49.9 Å². The predicted octanol–water partition coefficient (Wildman–Crippen LogP) is 7.03. The van der Waals surface area contributed by atoms with Gasteiger partial charge >= 0.3 is 0 Å². The van der Waals surface area contributed by atoms with Gasteiger partial charge in [0.15, 0.2) is 0 Å². The maximum absolute atomic E-state index is 5.19. The first kappa shape index (κ1) is 36.2. The molecular formula is C32H27N4Y4-. The molecule has 0 unspecified atom stereocenters. The number of anilines is 3. The van der Waals surface area contributed by atoms with Crippen LogP contribution in [0.25, 0.3) is 38.5 Å². The minimum absolute atomic E-state index is 0. The molecule has 40 heavy (non-hydrogen) atoms. The molecule has 1 aromatic heterocycles. The summed E-state index contributed by atoms with van der Waals surface area (Å²) in [4.78, 5) is 7.35. The molecule has 0 amide bonds. The zero-order chi connectivity index (χ0) is 24.5. The fourth-order valence-electron chi connectivity index (χ4n) is 4.87. The zero-order valence-electron chi connectivity index (χ0n) is 22.4. The van der Waals surface area contributed by atoms with Crippen LogP contribution in [-0.4, -0.2) is 18.1 Å². The van der Waals surface area contributed by atoms with Crippen molar-refractivity contribution in [2.45, 2.75) is 0 Å². The Balaban J connectivity index is 0.00000140. The van der Waals surface area contributed by atoms with Crippen molar-refractivity contribution in [3.05, 3.63) is 123 Å². The van der Waals surface area contributed by atoms with Crippen molar-refractivity contribution in [3.8, 4) is 5.69 Å². The average molecular weight is 823 g/mol. The second-order valence-electron chi connectivity index (χ2n) is 8.77. The van der Waals surface area contributed by atoms with Gasteiger partial charge in [0, 0.05) is 177 Å². The van der Waals surface area contributed by atoms with Crippen molar-refractivity contribution < 1.29 is 135 Å². The minimum Gasteiger partial charge on any atom is -0.431 e. The number of benzene rings is 5. The Morgan fingerprint density at radius 2 is 1.25 bits per heavy atom. The molecule has 188 valence electrons. The average Bonchev–Trinajstić information content (AvgIpc) is 2.94. The summed E-state index contributed by atoms with van der Waals surface area (Å²) in [7, 11) is 0. The third-order valence-corrected chi connectivity index (χ3v) is 6.64. The van der Waals surface area contributed by atoms with Crippen LogP contribution in [0.3, 0.4) is 0 Å². The van der Waals surface area contributed by atoms with Crippen molar-refractivity contribution in [2.24, 2.45) is 0 Å². The first-order valence-corrected chi connectivity index (χ1v) is 12.2. The number of aromatic nitrogens is 2. The molecule has 0 saturated carbocycles. The van der Waals surface area contributed by atoms with E-state index in [4.69, 9.17) is 4.98 Å². The zero-order valence-corrected chi connectivity index (χ0v) is 33.7. The van der Waals surface area contributed by atoms with Crippen LogP contribution in [-0.2, 0) is 131 Å². The molecule has 0 aliphatic carbocycles. The Bertz CT molecular complexity index is 1690. The second kappa shape index (κ2) is 16.7. The summed E-state index contributed by atoms with van der Waals surface area (Å²) >= 11 is 0. The molecule has 0 spiro atoms. The molecule has 0 aliphatic heterocycles. The standard InChI is InChI=1S/C32H26N4.4Y/c1-3-35(4-2)25-19-20-28-30(21-25)36(24-15-9-6-10-16-24)31-22-29(33-23-13-7-5-8-14-23)26-17-11-12-18-27(26)32(31)34-28;;;;/h5-22H,1-4H2;;;;/q-2;;;;/p+1. The minimum atomic E-state index is 0. The smallest absolute Gasteiger partial charge is 0.240 e. The first-order chi connectivity index (χ1) is 17.8. The summed E-state index contributed by atoms with van der Waals surface area (Å²) in [6.45, 7) is 9.47. The van der Waals surface area contributed by atoms with E-state index in [1.54, 1.807) is 0 Å². The second-order valence-corrected chi connectivity index (χ2v) is 8.77. The number of nitrogens with zero attached hydrogens (tertiary/aromatic N) is 3. The monoisotopic (exact) mass is 823 g/mol. The van der Waals surface area contributed by atoms with E-state index >= 15 is 0 Å². The van der Waals surface area contributed by atoms with Crippen molar-refractivity contribution in [2.75, 3.05) is 23.3 Å². The predicted molar refractivity (Wildman–Crippen MR) is 151 cm³/mol. The molecule has 4 radical (unpaired) electrons. The quantitative estimate of drug-likeness (QED) is 0.0849. The van der Waals surface area contributed by atoms with Crippen LogP contribution >= 0.6 is 0 Å². The van der Waals surface area contributed by atoms with Gasteiger partial charge in [-0.15, -0.1) is 17.7 Å². The van der Waals surface area contributed by atoms with Crippen LogP contribution in [0.15, 0.2) is 109 Å². The first-order valence-electron chi connectivity index (χ1n) is 12.2. The molecule has 1 heterocycles. The summed E-state index contributed by atoms with van der Waals surface area (Å²) in [5, 5.41) is 5.90. The SMILES string of the molecule is [CH2-]CN(C[CH2-])c1ccc2nc3c4ccccc4c(Nc4ccccc4)cc3[n+](-c3ccccc3)c2c1.[Y].[Y].[Y].[Y]. The van der Waals surface area contributed by atoms with Gasteiger partial charge in [-0.2, -0.15) is 0 Å². The van der Waals surface area contributed by atoms with Gasteiger partial charge in [0.2, 0.25) is 16.7 Å². The normalized spacial score (nSPS) is 10.2. The van der Waals surface area contributed by atoms with Gasteiger partial charge in [0.25, 0.3) is 0 Å². The van der Waals surface area contributed by atoms with Crippen molar-refractivity contribution in [3.63, 3.8) is 0 Å². The Hall–Kier alpha value is -0.0244. The van der Waals surface area contributed by atoms with Crippen LogP contribution in [0.1, 0.15) is 0 Å². The van der Waals surface area contributed by atoms with E-state index < -0.39 is 0 Å². The topological polar surface area (TPSA) is 32.0 Å². The fourth-order valence-corrected chi connectivity index (χ4v) is 4.87. The van der Waals surface area contributed by atoms with Gasteiger partial charge < -0.3 is 24.1 Å². The van der Waals surface area contributed by atoms with Crippen molar-refractivity contribution in [1.29, 1.82) is 0 Å². The van der Waals surface area contributed by atoms with Gasteiger partial charge in [-0.1, -0.05) is 60.7 Å². The number of hydrogen-bond donors (Lipinski definition) is 1. The van der Waals surface area contributed by atoms with E-state index in [0.717, 1.165) is 55.6 Å². The van der Waals surface area contributed by atoms with Gasteiger partial charge in [0.05, 0.1) is 5.69 Å². The number of nitrogens with one attached hydrogen (secondary N) is 1. The third kappa shape index (κ3) is 7.36. The van der Waals surface area contributed by atoms with Crippen LogP contribution in [0.2, 0.25) is 0 Å². The molecule has 0 bridgehead atoms. The third-order valence-electron chi connectivity index (χ3n) is 6.64. The van der Waals surface area contributed by atoms with Crippen LogP contribution in [0.4, 0.5) is 17.1 Å². The fraction of sp³-hybridized carbons (Fsp3) is 0.0625. The molecule has 5 aromatic carbocycles. The molecule has 4 nitrogen and oxygen atoms in total. The number of rotatable bonds is 6. The number of para-hydroxylation sites is 2. The molecule has 0 atom stereocenters. The van der Waals surface area contributed by atoms with E-state index in [-0.39, 0.29) is 131 Å². The summed E-state index contributed by atoms with van der Waals surface area (Å²) in [6.07, 6.45) is 0. The number of hydrogen-bond acceptors (Lipinski definition) is 3. The molecule has 6 aromatic rings. The maximum atomic E-state index is 5.19. The number of fused-ring (bicyclic) bond motifs is 4. The largest absolute Gasteiger partial charge is 0.431 e. The van der Waals surface area contributed by atoms with E-state index in [9.17, 15) is 0 Å².